The zero-order chi connectivity index (χ0) is 9.80. The van der Waals surface area contributed by atoms with Gasteiger partial charge >= 0.3 is 0 Å². The summed E-state index contributed by atoms with van der Waals surface area (Å²) in [5, 5.41) is 11.6. The number of fused-ring (bicyclic) bond motifs is 1. The third kappa shape index (κ3) is 1.93. The van der Waals surface area contributed by atoms with Crippen molar-refractivity contribution < 1.29 is 4.74 Å². The van der Waals surface area contributed by atoms with Crippen LogP contribution in [0.25, 0.3) is 0 Å². The number of nitrogens with one attached hydrogen (secondary N) is 1. The molecule has 78 valence electrons. The molecule has 0 radical (unpaired) electrons. The smallest absolute Gasteiger partial charge is 0.0997 e. The van der Waals surface area contributed by atoms with E-state index < -0.39 is 0 Å². The molecule has 0 saturated carbocycles. The predicted octanol–water partition coefficient (Wildman–Crippen LogP) is -0.0397. The Balaban J connectivity index is 1.99. The van der Waals surface area contributed by atoms with Gasteiger partial charge in [0, 0.05) is 39.8 Å². The molecule has 1 N–H and O–H groups in total. The first-order chi connectivity index (χ1) is 6.92. The number of aryl methyl sites for hydroxylation is 1. The van der Waals surface area contributed by atoms with E-state index in [2.05, 4.69) is 15.6 Å². The van der Waals surface area contributed by atoms with E-state index in [-0.39, 0.29) is 0 Å². The molecule has 14 heavy (non-hydrogen) atoms. The Hall–Kier alpha value is -0.940. The molecule has 0 amide bonds. The van der Waals surface area contributed by atoms with Gasteiger partial charge in [0.05, 0.1) is 11.4 Å². The van der Waals surface area contributed by atoms with Crippen LogP contribution < -0.4 is 5.32 Å². The number of nitrogens with zero attached hydrogens (tertiary/aromatic N) is 3. The lowest BCUT2D eigenvalue weighted by Gasteiger charge is -2.13. The number of methoxy groups -OCH3 is 1. The SMILES string of the molecule is COCCCn1nnc2c1CCNC2. The van der Waals surface area contributed by atoms with Gasteiger partial charge in [0.15, 0.2) is 0 Å². The molecule has 0 bridgehead atoms. The molecule has 2 rings (SSSR count). The van der Waals surface area contributed by atoms with E-state index in [0.717, 1.165) is 44.8 Å². The van der Waals surface area contributed by atoms with Crippen molar-refractivity contribution in [2.24, 2.45) is 0 Å². The third-order valence-corrected chi connectivity index (χ3v) is 2.47. The van der Waals surface area contributed by atoms with Crippen molar-refractivity contribution in [2.45, 2.75) is 25.9 Å². The van der Waals surface area contributed by atoms with Gasteiger partial charge in [-0.2, -0.15) is 0 Å². The van der Waals surface area contributed by atoms with Gasteiger partial charge in [-0.25, -0.2) is 4.68 Å². The summed E-state index contributed by atoms with van der Waals surface area (Å²) in [4.78, 5) is 0. The Morgan fingerprint density at radius 1 is 1.57 bits per heavy atom. The summed E-state index contributed by atoms with van der Waals surface area (Å²) in [6, 6.07) is 0. The van der Waals surface area contributed by atoms with Gasteiger partial charge in [-0.05, 0) is 6.42 Å². The molecule has 1 aliphatic rings. The minimum absolute atomic E-state index is 0.785. The summed E-state index contributed by atoms with van der Waals surface area (Å²) >= 11 is 0. The van der Waals surface area contributed by atoms with Crippen LogP contribution in [-0.4, -0.2) is 35.3 Å². The molecule has 0 saturated heterocycles. The molecule has 2 heterocycles. The van der Waals surface area contributed by atoms with Crippen LogP contribution in [-0.2, 0) is 24.2 Å². The number of ether oxygens (including phenoxy) is 1. The van der Waals surface area contributed by atoms with Gasteiger partial charge in [-0.15, -0.1) is 5.10 Å². The number of hydrogen-bond acceptors (Lipinski definition) is 4. The number of rotatable bonds is 4. The summed E-state index contributed by atoms with van der Waals surface area (Å²) in [6.07, 6.45) is 2.04. The van der Waals surface area contributed by atoms with Crippen molar-refractivity contribution >= 4 is 0 Å². The van der Waals surface area contributed by atoms with Crippen LogP contribution in [0, 0.1) is 0 Å². The maximum atomic E-state index is 5.01. The monoisotopic (exact) mass is 196 g/mol. The summed E-state index contributed by atoms with van der Waals surface area (Å²) in [6.45, 7) is 3.59. The van der Waals surface area contributed by atoms with Crippen molar-refractivity contribution in [3.63, 3.8) is 0 Å². The fraction of sp³-hybridized carbons (Fsp3) is 0.778. The first-order valence-corrected chi connectivity index (χ1v) is 5.02. The summed E-state index contributed by atoms with van der Waals surface area (Å²) in [5.74, 6) is 0. The minimum Gasteiger partial charge on any atom is -0.385 e. The highest BCUT2D eigenvalue weighted by atomic mass is 16.5. The maximum Gasteiger partial charge on any atom is 0.0997 e. The van der Waals surface area contributed by atoms with Gasteiger partial charge in [0.1, 0.15) is 0 Å². The second-order valence-corrected chi connectivity index (χ2v) is 3.48. The highest BCUT2D eigenvalue weighted by Gasteiger charge is 2.15. The minimum atomic E-state index is 0.785. The van der Waals surface area contributed by atoms with Crippen molar-refractivity contribution in [2.75, 3.05) is 20.3 Å². The van der Waals surface area contributed by atoms with Gasteiger partial charge in [-0.3, -0.25) is 0 Å². The lowest BCUT2D eigenvalue weighted by Crippen LogP contribution is -2.25. The van der Waals surface area contributed by atoms with Gasteiger partial charge in [-0.1, -0.05) is 5.21 Å². The average molecular weight is 196 g/mol. The molecule has 0 unspecified atom stereocenters. The van der Waals surface area contributed by atoms with Gasteiger partial charge in [0.2, 0.25) is 0 Å². The third-order valence-electron chi connectivity index (χ3n) is 2.47. The standard InChI is InChI=1S/C9H16N4O/c1-14-6-2-5-13-9-3-4-10-7-8(9)11-12-13/h10H,2-7H2,1H3. The normalized spacial score (nSPS) is 15.5. The topological polar surface area (TPSA) is 52.0 Å². The van der Waals surface area contributed by atoms with Crippen LogP contribution in [0.3, 0.4) is 0 Å². The lowest BCUT2D eigenvalue weighted by molar-refractivity contribution is 0.188. The van der Waals surface area contributed by atoms with Crippen LogP contribution in [0.15, 0.2) is 0 Å². The molecule has 1 aromatic rings. The Morgan fingerprint density at radius 3 is 3.36 bits per heavy atom. The number of aromatic nitrogens is 3. The summed E-state index contributed by atoms with van der Waals surface area (Å²) in [7, 11) is 1.72. The average Bonchev–Trinajstić information content (AvgIpc) is 2.63. The van der Waals surface area contributed by atoms with Crippen LogP contribution >= 0.6 is 0 Å². The van der Waals surface area contributed by atoms with E-state index in [1.807, 2.05) is 4.68 Å². The molecule has 0 spiro atoms. The zero-order valence-electron chi connectivity index (χ0n) is 8.49. The molecule has 5 heteroatoms. The highest BCUT2D eigenvalue weighted by Crippen LogP contribution is 2.10. The van der Waals surface area contributed by atoms with E-state index in [0.29, 0.717) is 0 Å². The number of hydrogen-bond donors (Lipinski definition) is 1. The summed E-state index contributed by atoms with van der Waals surface area (Å²) in [5.41, 5.74) is 2.40. The van der Waals surface area contributed by atoms with Crippen molar-refractivity contribution in [3.8, 4) is 0 Å². The first-order valence-electron chi connectivity index (χ1n) is 5.02. The fourth-order valence-electron chi connectivity index (χ4n) is 1.73. The predicted molar refractivity (Wildman–Crippen MR) is 51.9 cm³/mol. The van der Waals surface area contributed by atoms with E-state index in [1.54, 1.807) is 7.11 Å². The molecule has 5 nitrogen and oxygen atoms in total. The van der Waals surface area contributed by atoms with Gasteiger partial charge in [0.25, 0.3) is 0 Å². The van der Waals surface area contributed by atoms with Crippen LogP contribution in [0.2, 0.25) is 0 Å². The van der Waals surface area contributed by atoms with Crippen molar-refractivity contribution in [1.82, 2.24) is 20.3 Å². The van der Waals surface area contributed by atoms with E-state index >= 15 is 0 Å². The van der Waals surface area contributed by atoms with Crippen LogP contribution in [0.1, 0.15) is 17.8 Å². The summed E-state index contributed by atoms with van der Waals surface area (Å²) < 4.78 is 7.02. The zero-order valence-corrected chi connectivity index (χ0v) is 8.49. The first kappa shape index (κ1) is 9.61. The highest BCUT2D eigenvalue weighted by molar-refractivity contribution is 5.13. The van der Waals surface area contributed by atoms with Crippen LogP contribution in [0.5, 0.6) is 0 Å². The molecule has 0 atom stereocenters. The Bertz CT molecular complexity index is 297. The molecular formula is C9H16N4O. The molecule has 1 aromatic heterocycles. The second-order valence-electron chi connectivity index (χ2n) is 3.48. The fourth-order valence-corrected chi connectivity index (χ4v) is 1.73. The lowest BCUT2D eigenvalue weighted by atomic mass is 10.2. The maximum absolute atomic E-state index is 5.01. The van der Waals surface area contributed by atoms with Crippen LogP contribution in [0.4, 0.5) is 0 Å². The Morgan fingerprint density at radius 2 is 2.50 bits per heavy atom. The van der Waals surface area contributed by atoms with E-state index in [4.69, 9.17) is 4.74 Å². The molecular weight excluding hydrogens is 180 g/mol. The Kier molecular flexibility index (Phi) is 3.10. The van der Waals surface area contributed by atoms with Crippen molar-refractivity contribution in [3.05, 3.63) is 11.4 Å². The van der Waals surface area contributed by atoms with Crippen molar-refractivity contribution in [1.29, 1.82) is 0 Å². The Labute approximate surface area is 83.4 Å². The molecule has 0 fully saturated rings. The molecule has 0 aliphatic carbocycles. The molecule has 0 aromatic carbocycles. The second kappa shape index (κ2) is 4.52. The van der Waals surface area contributed by atoms with E-state index in [9.17, 15) is 0 Å². The quantitative estimate of drug-likeness (QED) is 0.687. The van der Waals surface area contributed by atoms with Gasteiger partial charge < -0.3 is 10.1 Å². The molecule has 1 aliphatic heterocycles. The van der Waals surface area contributed by atoms with E-state index in [1.165, 1.54) is 5.69 Å². The largest absolute Gasteiger partial charge is 0.385 e.